The number of hydrogen-bond donors (Lipinski definition) is 0. The number of halogens is 4. The largest absolute Gasteiger partial charge is 0.436 e. The van der Waals surface area contributed by atoms with Crippen molar-refractivity contribution in [3.63, 3.8) is 0 Å². The number of aromatic nitrogens is 3. The van der Waals surface area contributed by atoms with Gasteiger partial charge in [-0.25, -0.2) is 9.67 Å². The third-order valence-corrected chi connectivity index (χ3v) is 2.10. The molecule has 0 amide bonds. The summed E-state index contributed by atoms with van der Waals surface area (Å²) in [7, 11) is 0. The van der Waals surface area contributed by atoms with E-state index in [2.05, 4.69) is 10.1 Å². The van der Waals surface area contributed by atoms with Crippen LogP contribution in [0.2, 0.25) is 5.02 Å². The zero-order valence-electron chi connectivity index (χ0n) is 7.74. The lowest BCUT2D eigenvalue weighted by atomic mass is 10.4. The summed E-state index contributed by atoms with van der Waals surface area (Å²) in [6, 6.07) is 4.83. The first-order valence-corrected chi connectivity index (χ1v) is 4.60. The predicted molar refractivity (Wildman–Crippen MR) is 51.4 cm³/mol. The van der Waals surface area contributed by atoms with Crippen LogP contribution in [0.25, 0.3) is 5.82 Å². The Bertz CT molecular complexity index is 492. The van der Waals surface area contributed by atoms with E-state index in [4.69, 9.17) is 11.6 Å². The molecule has 2 rings (SSSR count). The van der Waals surface area contributed by atoms with E-state index >= 15 is 0 Å². The molecule has 2 heterocycles. The van der Waals surface area contributed by atoms with E-state index in [1.807, 2.05) is 0 Å². The Labute approximate surface area is 93.5 Å². The van der Waals surface area contributed by atoms with Gasteiger partial charge in [-0.1, -0.05) is 17.7 Å². The Kier molecular flexibility index (Phi) is 2.59. The van der Waals surface area contributed by atoms with E-state index in [1.165, 1.54) is 12.3 Å². The number of rotatable bonds is 1. The van der Waals surface area contributed by atoms with E-state index in [-0.39, 0.29) is 5.82 Å². The summed E-state index contributed by atoms with van der Waals surface area (Å²) in [6.45, 7) is 0. The molecule has 0 atom stereocenters. The fourth-order valence-electron chi connectivity index (χ4n) is 1.15. The maximum atomic E-state index is 12.4. The average Bonchev–Trinajstić information content (AvgIpc) is 2.61. The van der Waals surface area contributed by atoms with Gasteiger partial charge in [0, 0.05) is 6.20 Å². The molecule has 0 fully saturated rings. The molecule has 0 saturated carbocycles. The molecule has 84 valence electrons. The summed E-state index contributed by atoms with van der Waals surface area (Å²) in [5.41, 5.74) is -1.11. The van der Waals surface area contributed by atoms with Crippen LogP contribution < -0.4 is 0 Å². The molecule has 0 saturated heterocycles. The van der Waals surface area contributed by atoms with Crippen molar-refractivity contribution in [2.45, 2.75) is 6.18 Å². The van der Waals surface area contributed by atoms with Crippen LogP contribution in [0.1, 0.15) is 5.69 Å². The first kappa shape index (κ1) is 10.9. The topological polar surface area (TPSA) is 30.7 Å². The predicted octanol–water partition coefficient (Wildman–Crippen LogP) is 2.94. The fraction of sp³-hybridized carbons (Fsp3) is 0.111. The highest BCUT2D eigenvalue weighted by Crippen LogP contribution is 2.33. The number of nitrogens with zero attached hydrogens (tertiary/aromatic N) is 3. The van der Waals surface area contributed by atoms with E-state index < -0.39 is 16.9 Å². The number of alkyl halides is 3. The molecule has 7 heteroatoms. The molecule has 0 aromatic carbocycles. The first-order valence-electron chi connectivity index (χ1n) is 4.22. The first-order chi connectivity index (χ1) is 7.48. The molecule has 16 heavy (non-hydrogen) atoms. The zero-order chi connectivity index (χ0) is 11.8. The maximum Gasteiger partial charge on any atom is 0.436 e. The van der Waals surface area contributed by atoms with Crippen molar-refractivity contribution < 1.29 is 13.2 Å². The van der Waals surface area contributed by atoms with Crippen LogP contribution in [-0.2, 0) is 6.18 Å². The Morgan fingerprint density at radius 2 is 2.00 bits per heavy atom. The minimum absolute atomic E-state index is 0.278. The second-order valence-electron chi connectivity index (χ2n) is 2.96. The monoisotopic (exact) mass is 247 g/mol. The molecule has 2 aromatic heterocycles. The third-order valence-electron chi connectivity index (χ3n) is 1.82. The molecule has 0 aliphatic carbocycles. The van der Waals surface area contributed by atoms with Crippen LogP contribution >= 0.6 is 11.6 Å². The summed E-state index contributed by atoms with van der Waals surface area (Å²) in [4.78, 5) is 3.86. The van der Waals surface area contributed by atoms with E-state index in [1.54, 1.807) is 12.1 Å². The molecule has 0 bridgehead atoms. The average molecular weight is 248 g/mol. The molecule has 0 radical (unpaired) electrons. The second kappa shape index (κ2) is 3.79. The van der Waals surface area contributed by atoms with E-state index in [0.717, 1.165) is 10.9 Å². The lowest BCUT2D eigenvalue weighted by Gasteiger charge is -2.01. The van der Waals surface area contributed by atoms with Gasteiger partial charge in [0.15, 0.2) is 11.5 Å². The van der Waals surface area contributed by atoms with Crippen LogP contribution in [0, 0.1) is 0 Å². The quantitative estimate of drug-likeness (QED) is 0.776. The summed E-state index contributed by atoms with van der Waals surface area (Å²) in [6.07, 6.45) is -2.03. The molecule has 3 nitrogen and oxygen atoms in total. The highest BCUT2D eigenvalue weighted by Gasteiger charge is 2.37. The van der Waals surface area contributed by atoms with Crippen LogP contribution in [0.4, 0.5) is 13.2 Å². The maximum absolute atomic E-state index is 12.4. The van der Waals surface area contributed by atoms with Gasteiger partial charge >= 0.3 is 6.18 Å². The molecule has 2 aromatic rings. The zero-order valence-corrected chi connectivity index (χ0v) is 8.50. The molecular weight excluding hydrogens is 243 g/mol. The summed E-state index contributed by atoms with van der Waals surface area (Å²) >= 11 is 5.45. The van der Waals surface area contributed by atoms with Gasteiger partial charge in [0.25, 0.3) is 0 Å². The van der Waals surface area contributed by atoms with Crippen molar-refractivity contribution in [3.8, 4) is 5.82 Å². The van der Waals surface area contributed by atoms with Gasteiger partial charge in [-0.05, 0) is 12.1 Å². The lowest BCUT2D eigenvalue weighted by molar-refractivity contribution is -0.141. The minimum atomic E-state index is -4.56. The molecule has 0 spiro atoms. The van der Waals surface area contributed by atoms with Crippen LogP contribution in [0.15, 0.2) is 30.6 Å². The van der Waals surface area contributed by atoms with E-state index in [0.29, 0.717) is 0 Å². The van der Waals surface area contributed by atoms with Crippen molar-refractivity contribution in [3.05, 3.63) is 41.3 Å². The van der Waals surface area contributed by atoms with Gasteiger partial charge in [-0.3, -0.25) is 0 Å². The normalized spacial score (nSPS) is 11.8. The fourth-order valence-corrected chi connectivity index (χ4v) is 1.39. The molecule has 0 N–H and O–H groups in total. The van der Waals surface area contributed by atoms with Gasteiger partial charge in [-0.2, -0.15) is 18.3 Å². The van der Waals surface area contributed by atoms with Gasteiger partial charge in [0.2, 0.25) is 0 Å². The highest BCUT2D eigenvalue weighted by atomic mass is 35.5. The second-order valence-corrected chi connectivity index (χ2v) is 3.36. The van der Waals surface area contributed by atoms with E-state index in [9.17, 15) is 13.2 Å². The lowest BCUT2D eigenvalue weighted by Crippen LogP contribution is -2.08. The van der Waals surface area contributed by atoms with Crippen molar-refractivity contribution in [2.75, 3.05) is 0 Å². The molecule has 0 aliphatic heterocycles. The molecular formula is C9H5ClF3N3. The molecule has 0 aliphatic rings. The van der Waals surface area contributed by atoms with Gasteiger partial charge in [0.05, 0.1) is 11.2 Å². The summed E-state index contributed by atoms with van der Waals surface area (Å²) in [5.74, 6) is 0.278. The standard InChI is InChI=1S/C9H5ClF3N3/c10-6-5-16(7-3-1-2-4-14-7)15-8(6)9(11,12)13/h1-5H. The third kappa shape index (κ3) is 2.01. The Hall–Kier alpha value is -1.56. The minimum Gasteiger partial charge on any atom is -0.237 e. The van der Waals surface area contributed by atoms with Gasteiger partial charge in [0.1, 0.15) is 0 Å². The van der Waals surface area contributed by atoms with Crippen LogP contribution in [0.5, 0.6) is 0 Å². The van der Waals surface area contributed by atoms with Crippen LogP contribution in [0.3, 0.4) is 0 Å². The van der Waals surface area contributed by atoms with Crippen molar-refractivity contribution >= 4 is 11.6 Å². The highest BCUT2D eigenvalue weighted by molar-refractivity contribution is 6.31. The molecule has 0 unspecified atom stereocenters. The SMILES string of the molecule is FC(F)(F)c1nn(-c2ccccn2)cc1Cl. The summed E-state index contributed by atoms with van der Waals surface area (Å²) in [5, 5.41) is 2.90. The number of pyridine rings is 1. The van der Waals surface area contributed by atoms with Crippen molar-refractivity contribution in [1.82, 2.24) is 14.8 Å². The van der Waals surface area contributed by atoms with Gasteiger partial charge in [-0.15, -0.1) is 0 Å². The Morgan fingerprint density at radius 3 is 2.50 bits per heavy atom. The van der Waals surface area contributed by atoms with Gasteiger partial charge < -0.3 is 0 Å². The smallest absolute Gasteiger partial charge is 0.237 e. The van der Waals surface area contributed by atoms with Crippen molar-refractivity contribution in [2.24, 2.45) is 0 Å². The Balaban J connectivity index is 2.47. The van der Waals surface area contributed by atoms with Crippen LogP contribution in [-0.4, -0.2) is 14.8 Å². The Morgan fingerprint density at radius 1 is 1.25 bits per heavy atom. The number of hydrogen-bond acceptors (Lipinski definition) is 2. The summed E-state index contributed by atoms with van der Waals surface area (Å²) < 4.78 is 38.2. The van der Waals surface area contributed by atoms with Crippen molar-refractivity contribution in [1.29, 1.82) is 0 Å².